The normalized spacial score (nSPS) is 16.4. The number of hydrogen-bond acceptors (Lipinski definition) is 3. The third-order valence-electron chi connectivity index (χ3n) is 3.74. The third-order valence-corrected chi connectivity index (χ3v) is 3.74. The van der Waals surface area contributed by atoms with Crippen molar-refractivity contribution >= 4 is 17.5 Å². The zero-order valence-electron chi connectivity index (χ0n) is 12.5. The fourth-order valence-electron chi connectivity index (χ4n) is 2.37. The Morgan fingerprint density at radius 3 is 2.67 bits per heavy atom. The summed E-state index contributed by atoms with van der Waals surface area (Å²) in [6.07, 6.45) is 1.71. The molecule has 0 saturated heterocycles. The number of hydrogen-bond donors (Lipinski definition) is 1. The van der Waals surface area contributed by atoms with Crippen LogP contribution in [0.15, 0.2) is 35.4 Å². The minimum Gasteiger partial charge on any atom is -0.350 e. The van der Waals surface area contributed by atoms with E-state index in [2.05, 4.69) is 29.5 Å². The van der Waals surface area contributed by atoms with Crippen molar-refractivity contribution in [3.63, 3.8) is 0 Å². The van der Waals surface area contributed by atoms with Gasteiger partial charge in [-0.1, -0.05) is 37.3 Å². The van der Waals surface area contributed by atoms with Gasteiger partial charge < -0.3 is 5.32 Å². The van der Waals surface area contributed by atoms with E-state index in [0.29, 0.717) is 31.0 Å². The first-order valence-electron chi connectivity index (χ1n) is 7.29. The summed E-state index contributed by atoms with van der Waals surface area (Å²) in [7, 11) is 1.58. The zero-order valence-corrected chi connectivity index (χ0v) is 12.5. The lowest BCUT2D eigenvalue weighted by molar-refractivity contribution is -0.130. The number of amides is 2. The van der Waals surface area contributed by atoms with Gasteiger partial charge in [0, 0.05) is 32.4 Å². The van der Waals surface area contributed by atoms with Crippen LogP contribution in [0.5, 0.6) is 0 Å². The second-order valence-corrected chi connectivity index (χ2v) is 5.19. The lowest BCUT2D eigenvalue weighted by Gasteiger charge is -2.20. The first kappa shape index (κ1) is 15.2. The molecular formula is C16H21N3O2. The fourth-order valence-corrected chi connectivity index (χ4v) is 2.37. The Balaban J connectivity index is 1.94. The second kappa shape index (κ2) is 7.02. The maximum Gasteiger partial charge on any atom is 0.267 e. The highest BCUT2D eigenvalue weighted by Crippen LogP contribution is 2.18. The zero-order chi connectivity index (χ0) is 15.2. The summed E-state index contributed by atoms with van der Waals surface area (Å²) in [6.45, 7) is 2.68. The van der Waals surface area contributed by atoms with Crippen molar-refractivity contribution in [2.45, 2.75) is 32.1 Å². The maximum atomic E-state index is 12.1. The number of carbonyl (C=O) groups is 2. The van der Waals surface area contributed by atoms with Gasteiger partial charge in [-0.2, -0.15) is 5.10 Å². The van der Waals surface area contributed by atoms with E-state index < -0.39 is 0 Å². The molecule has 5 nitrogen and oxygen atoms in total. The molecule has 2 rings (SSSR count). The minimum atomic E-state index is -0.177. The van der Waals surface area contributed by atoms with Crippen molar-refractivity contribution in [3.05, 3.63) is 35.9 Å². The van der Waals surface area contributed by atoms with Gasteiger partial charge >= 0.3 is 0 Å². The molecule has 2 amide bonds. The molecule has 1 unspecified atom stereocenters. The molecule has 1 aliphatic rings. The van der Waals surface area contributed by atoms with Crippen LogP contribution in [0.1, 0.15) is 37.7 Å². The number of rotatable bonds is 5. The number of carbonyl (C=O) groups excluding carboxylic acids is 2. The average molecular weight is 287 g/mol. The molecule has 0 radical (unpaired) electrons. The molecule has 21 heavy (non-hydrogen) atoms. The molecule has 0 fully saturated rings. The molecule has 5 heteroatoms. The van der Waals surface area contributed by atoms with Crippen molar-refractivity contribution < 1.29 is 9.59 Å². The molecule has 1 aliphatic heterocycles. The van der Waals surface area contributed by atoms with Crippen molar-refractivity contribution in [1.82, 2.24) is 10.3 Å². The number of nitrogens with one attached hydrogen (secondary N) is 1. The molecule has 1 aromatic carbocycles. The maximum absolute atomic E-state index is 12.1. The summed E-state index contributed by atoms with van der Waals surface area (Å²) >= 11 is 0. The van der Waals surface area contributed by atoms with Crippen LogP contribution in [0, 0.1) is 0 Å². The van der Waals surface area contributed by atoms with E-state index in [1.165, 1.54) is 10.6 Å². The molecule has 1 aromatic rings. The molecule has 1 heterocycles. The Bertz CT molecular complexity index is 540. The third kappa shape index (κ3) is 3.90. The van der Waals surface area contributed by atoms with E-state index in [0.717, 1.165) is 6.42 Å². The average Bonchev–Trinajstić information content (AvgIpc) is 2.51. The van der Waals surface area contributed by atoms with Gasteiger partial charge in [0.05, 0.1) is 0 Å². The highest BCUT2D eigenvalue weighted by atomic mass is 16.2. The molecule has 0 saturated carbocycles. The lowest BCUT2D eigenvalue weighted by atomic mass is 9.96. The molecule has 0 aromatic heterocycles. The Labute approximate surface area is 125 Å². The molecule has 1 N–H and O–H groups in total. The first-order chi connectivity index (χ1) is 10.1. The van der Waals surface area contributed by atoms with Crippen LogP contribution < -0.4 is 5.32 Å². The molecule has 0 bridgehead atoms. The summed E-state index contributed by atoms with van der Waals surface area (Å²) in [6, 6.07) is 10.1. The van der Waals surface area contributed by atoms with Crippen LogP contribution in [0.25, 0.3) is 0 Å². The van der Waals surface area contributed by atoms with Crippen molar-refractivity contribution in [2.75, 3.05) is 13.6 Å². The monoisotopic (exact) mass is 287 g/mol. The van der Waals surface area contributed by atoms with E-state index in [1.807, 2.05) is 18.2 Å². The van der Waals surface area contributed by atoms with E-state index in [4.69, 9.17) is 0 Å². The van der Waals surface area contributed by atoms with Crippen LogP contribution in [0.3, 0.4) is 0 Å². The van der Waals surface area contributed by atoms with Gasteiger partial charge in [-0.25, -0.2) is 5.01 Å². The summed E-state index contributed by atoms with van der Waals surface area (Å²) < 4.78 is 0. The minimum absolute atomic E-state index is 0.0535. The van der Waals surface area contributed by atoms with Gasteiger partial charge in [0.15, 0.2) is 0 Å². The van der Waals surface area contributed by atoms with Crippen molar-refractivity contribution in [1.29, 1.82) is 0 Å². The van der Waals surface area contributed by atoms with E-state index in [-0.39, 0.29) is 11.8 Å². The number of hydrazone groups is 1. The highest BCUT2D eigenvalue weighted by Gasteiger charge is 2.22. The Hall–Kier alpha value is -2.17. The number of nitrogens with zero attached hydrogens (tertiary/aromatic N) is 2. The predicted molar refractivity (Wildman–Crippen MR) is 81.9 cm³/mol. The Morgan fingerprint density at radius 2 is 2.05 bits per heavy atom. The Morgan fingerprint density at radius 1 is 1.33 bits per heavy atom. The van der Waals surface area contributed by atoms with Crippen LogP contribution in [0.2, 0.25) is 0 Å². The van der Waals surface area contributed by atoms with Crippen LogP contribution in [-0.4, -0.2) is 36.1 Å². The van der Waals surface area contributed by atoms with Crippen LogP contribution in [-0.2, 0) is 9.59 Å². The molecule has 0 spiro atoms. The first-order valence-corrected chi connectivity index (χ1v) is 7.29. The topological polar surface area (TPSA) is 61.8 Å². The summed E-state index contributed by atoms with van der Waals surface area (Å²) in [5.41, 5.74) is 1.65. The molecular weight excluding hydrogens is 266 g/mol. The predicted octanol–water partition coefficient (Wildman–Crippen LogP) is 1.90. The molecule has 1 atom stereocenters. The van der Waals surface area contributed by atoms with Gasteiger partial charge in [-0.05, 0) is 12.0 Å². The Kier molecular flexibility index (Phi) is 5.09. The largest absolute Gasteiger partial charge is 0.350 e. The van der Waals surface area contributed by atoms with Crippen LogP contribution in [0.4, 0.5) is 0 Å². The summed E-state index contributed by atoms with van der Waals surface area (Å²) in [5, 5.41) is 8.20. The van der Waals surface area contributed by atoms with Crippen molar-refractivity contribution in [3.8, 4) is 0 Å². The number of benzene rings is 1. The smallest absolute Gasteiger partial charge is 0.267 e. The van der Waals surface area contributed by atoms with Gasteiger partial charge in [-0.3, -0.25) is 9.59 Å². The van der Waals surface area contributed by atoms with Crippen molar-refractivity contribution in [2.24, 2.45) is 5.10 Å². The van der Waals surface area contributed by atoms with Gasteiger partial charge in [-0.15, -0.1) is 0 Å². The molecule has 0 aliphatic carbocycles. The van der Waals surface area contributed by atoms with E-state index in [1.54, 1.807) is 7.05 Å². The highest BCUT2D eigenvalue weighted by molar-refractivity contribution is 6.39. The summed E-state index contributed by atoms with van der Waals surface area (Å²) in [4.78, 5) is 23.5. The second-order valence-electron chi connectivity index (χ2n) is 5.19. The quantitative estimate of drug-likeness (QED) is 0.899. The fraction of sp³-hybridized carbons (Fsp3) is 0.438. The standard InChI is InChI=1S/C16H21N3O2/c1-3-12(13-7-5-4-6-8-13)11-17-16(21)14-9-10-15(20)19(2)18-14/h4-8,12H,3,9-11H2,1-2H3,(H,17,21). The summed E-state index contributed by atoms with van der Waals surface area (Å²) in [5.74, 6) is 0.0599. The van der Waals surface area contributed by atoms with Crippen LogP contribution >= 0.6 is 0 Å². The van der Waals surface area contributed by atoms with E-state index >= 15 is 0 Å². The SMILES string of the molecule is CCC(CNC(=O)C1=NN(C)C(=O)CC1)c1ccccc1. The van der Waals surface area contributed by atoms with Gasteiger partial charge in [0.25, 0.3) is 5.91 Å². The van der Waals surface area contributed by atoms with Gasteiger partial charge in [0.1, 0.15) is 5.71 Å². The van der Waals surface area contributed by atoms with Gasteiger partial charge in [0.2, 0.25) is 5.91 Å². The molecule has 112 valence electrons. The lowest BCUT2D eigenvalue weighted by Crippen LogP contribution is -2.39. The van der Waals surface area contributed by atoms with E-state index in [9.17, 15) is 9.59 Å².